The molecular weight excluding hydrogens is 287 g/mol. The number of fused-ring (bicyclic) bond motifs is 1. The molecule has 2 fully saturated rings. The number of hydrogen-bond acceptors (Lipinski definition) is 2. The maximum Gasteiger partial charge on any atom is 0.130 e. The molecule has 0 bridgehead atoms. The number of nitrogens with zero attached hydrogens (tertiary/aromatic N) is 1. The third-order valence-electron chi connectivity index (χ3n) is 6.32. The average Bonchev–Trinajstić information content (AvgIpc) is 3.32. The van der Waals surface area contributed by atoms with Crippen molar-refractivity contribution in [3.8, 4) is 0 Å². The van der Waals surface area contributed by atoms with Crippen molar-refractivity contribution in [3.63, 3.8) is 0 Å². The second-order valence-electron chi connectivity index (χ2n) is 7.74. The number of rotatable bonds is 3. The lowest BCUT2D eigenvalue weighted by molar-refractivity contribution is 0.224. The highest BCUT2D eigenvalue weighted by molar-refractivity contribution is 5.84. The molecule has 0 spiro atoms. The van der Waals surface area contributed by atoms with Gasteiger partial charge in [-0.15, -0.1) is 0 Å². The molecule has 4 rings (SSSR count). The smallest absolute Gasteiger partial charge is 0.130 e. The fourth-order valence-electron chi connectivity index (χ4n) is 4.62. The van der Waals surface area contributed by atoms with Crippen LogP contribution < -0.4 is 5.73 Å². The van der Waals surface area contributed by atoms with Crippen molar-refractivity contribution < 1.29 is 4.39 Å². The predicted octanol–water partition coefficient (Wildman–Crippen LogP) is 4.91. The summed E-state index contributed by atoms with van der Waals surface area (Å²) >= 11 is 0. The van der Waals surface area contributed by atoms with E-state index in [2.05, 4.69) is 18.0 Å². The monoisotopic (exact) mass is 312 g/mol. The van der Waals surface area contributed by atoms with Crippen LogP contribution in [0.1, 0.15) is 62.5 Å². The van der Waals surface area contributed by atoms with E-state index in [-0.39, 0.29) is 12.4 Å². The molecule has 1 aromatic heterocycles. The highest BCUT2D eigenvalue weighted by Gasteiger charge is 2.46. The molecule has 1 heterocycles. The van der Waals surface area contributed by atoms with Gasteiger partial charge >= 0.3 is 0 Å². The molecule has 2 saturated carbocycles. The molecule has 0 aliphatic heterocycles. The SMILES string of the molecule is CC1([C@@H]2CCCC(c3c(CN)c(F)cc4ncccc34)C2)CC1. The summed E-state index contributed by atoms with van der Waals surface area (Å²) in [6.07, 6.45) is 9.36. The Balaban J connectivity index is 1.80. The first-order valence-corrected chi connectivity index (χ1v) is 8.88. The van der Waals surface area contributed by atoms with E-state index in [0.717, 1.165) is 28.8 Å². The fourth-order valence-corrected chi connectivity index (χ4v) is 4.62. The summed E-state index contributed by atoms with van der Waals surface area (Å²) in [6.45, 7) is 2.69. The summed E-state index contributed by atoms with van der Waals surface area (Å²) in [6, 6.07) is 5.58. The lowest BCUT2D eigenvalue weighted by atomic mass is 9.70. The summed E-state index contributed by atoms with van der Waals surface area (Å²) in [7, 11) is 0. The van der Waals surface area contributed by atoms with Crippen LogP contribution in [0.5, 0.6) is 0 Å². The summed E-state index contributed by atoms with van der Waals surface area (Å²) in [5.41, 5.74) is 9.08. The summed E-state index contributed by atoms with van der Waals surface area (Å²) in [5, 5.41) is 1.10. The molecule has 2 aromatic rings. The Morgan fingerprint density at radius 2 is 2.17 bits per heavy atom. The van der Waals surface area contributed by atoms with Gasteiger partial charge in [0, 0.05) is 29.8 Å². The lowest BCUT2D eigenvalue weighted by Crippen LogP contribution is -2.22. The van der Waals surface area contributed by atoms with Crippen LogP contribution in [0.15, 0.2) is 24.4 Å². The van der Waals surface area contributed by atoms with Crippen LogP contribution in [0, 0.1) is 17.2 Å². The third kappa shape index (κ3) is 2.55. The maximum absolute atomic E-state index is 14.6. The van der Waals surface area contributed by atoms with Gasteiger partial charge in [0.1, 0.15) is 5.82 Å². The van der Waals surface area contributed by atoms with Crippen molar-refractivity contribution in [2.75, 3.05) is 0 Å². The minimum atomic E-state index is -0.187. The largest absolute Gasteiger partial charge is 0.326 e. The summed E-state index contributed by atoms with van der Waals surface area (Å²) in [4.78, 5) is 4.37. The van der Waals surface area contributed by atoms with Crippen molar-refractivity contribution >= 4 is 10.9 Å². The van der Waals surface area contributed by atoms with Gasteiger partial charge in [0.05, 0.1) is 5.52 Å². The van der Waals surface area contributed by atoms with Gasteiger partial charge in [0.2, 0.25) is 0 Å². The van der Waals surface area contributed by atoms with Crippen LogP contribution in [0.25, 0.3) is 10.9 Å². The van der Waals surface area contributed by atoms with Crippen LogP contribution in [0.2, 0.25) is 0 Å². The first-order valence-electron chi connectivity index (χ1n) is 8.88. The van der Waals surface area contributed by atoms with Crippen LogP contribution in [-0.2, 0) is 6.54 Å². The van der Waals surface area contributed by atoms with E-state index in [9.17, 15) is 4.39 Å². The van der Waals surface area contributed by atoms with E-state index in [1.807, 2.05) is 6.07 Å². The minimum Gasteiger partial charge on any atom is -0.326 e. The molecule has 2 nitrogen and oxygen atoms in total. The number of aromatic nitrogens is 1. The Morgan fingerprint density at radius 3 is 2.91 bits per heavy atom. The molecule has 0 saturated heterocycles. The molecule has 3 heteroatoms. The van der Waals surface area contributed by atoms with Crippen molar-refractivity contribution in [2.24, 2.45) is 17.1 Å². The quantitative estimate of drug-likeness (QED) is 0.875. The Labute approximate surface area is 137 Å². The van der Waals surface area contributed by atoms with Crippen molar-refractivity contribution in [1.29, 1.82) is 0 Å². The van der Waals surface area contributed by atoms with E-state index in [4.69, 9.17) is 5.73 Å². The van der Waals surface area contributed by atoms with Gasteiger partial charge in [-0.25, -0.2) is 4.39 Å². The fraction of sp³-hybridized carbons (Fsp3) is 0.550. The second kappa shape index (κ2) is 5.55. The lowest BCUT2D eigenvalue weighted by Gasteiger charge is -2.35. The highest BCUT2D eigenvalue weighted by Crippen LogP contribution is 2.58. The minimum absolute atomic E-state index is 0.187. The van der Waals surface area contributed by atoms with Crippen LogP contribution in [0.3, 0.4) is 0 Å². The van der Waals surface area contributed by atoms with Gasteiger partial charge in [-0.3, -0.25) is 4.98 Å². The van der Waals surface area contributed by atoms with E-state index >= 15 is 0 Å². The van der Waals surface area contributed by atoms with Crippen molar-refractivity contribution in [2.45, 2.75) is 57.9 Å². The van der Waals surface area contributed by atoms with Gasteiger partial charge in [-0.05, 0) is 61.0 Å². The third-order valence-corrected chi connectivity index (χ3v) is 6.32. The number of benzene rings is 1. The molecule has 2 atom stereocenters. The first-order chi connectivity index (χ1) is 11.1. The van der Waals surface area contributed by atoms with Gasteiger partial charge in [0.15, 0.2) is 0 Å². The van der Waals surface area contributed by atoms with E-state index in [1.54, 1.807) is 12.3 Å². The zero-order chi connectivity index (χ0) is 16.0. The molecule has 23 heavy (non-hydrogen) atoms. The van der Waals surface area contributed by atoms with Crippen LogP contribution in [0.4, 0.5) is 4.39 Å². The van der Waals surface area contributed by atoms with Crippen LogP contribution in [-0.4, -0.2) is 4.98 Å². The zero-order valence-corrected chi connectivity index (χ0v) is 13.8. The summed E-state index contributed by atoms with van der Waals surface area (Å²) < 4.78 is 14.6. The van der Waals surface area contributed by atoms with Gasteiger partial charge in [-0.2, -0.15) is 0 Å². The highest BCUT2D eigenvalue weighted by atomic mass is 19.1. The molecule has 122 valence electrons. The molecule has 2 aliphatic rings. The molecule has 0 amide bonds. The van der Waals surface area contributed by atoms with E-state index in [1.165, 1.54) is 32.1 Å². The standard InChI is InChI=1S/C20H25FN2/c1-20(7-8-20)14-5-2-4-13(10-14)19-15-6-3-9-23-18(15)11-17(21)16(19)12-22/h3,6,9,11,13-14H,2,4-5,7-8,10,12,22H2,1H3/t13?,14-/m1/s1. The van der Waals surface area contributed by atoms with E-state index in [0.29, 0.717) is 16.9 Å². The molecule has 0 radical (unpaired) electrons. The second-order valence-corrected chi connectivity index (χ2v) is 7.74. The molecular formula is C20H25FN2. The Morgan fingerprint density at radius 1 is 1.35 bits per heavy atom. The Bertz CT molecular complexity index is 736. The van der Waals surface area contributed by atoms with E-state index < -0.39 is 0 Å². The van der Waals surface area contributed by atoms with Crippen molar-refractivity contribution in [3.05, 3.63) is 41.3 Å². The molecule has 1 aromatic carbocycles. The van der Waals surface area contributed by atoms with Gasteiger partial charge in [0.25, 0.3) is 0 Å². The number of hydrogen-bond donors (Lipinski definition) is 1. The Hall–Kier alpha value is -1.48. The normalized spacial score (nSPS) is 26.4. The van der Waals surface area contributed by atoms with Gasteiger partial charge in [-0.1, -0.05) is 19.4 Å². The first kappa shape index (κ1) is 15.1. The summed E-state index contributed by atoms with van der Waals surface area (Å²) in [5.74, 6) is 1.02. The predicted molar refractivity (Wildman–Crippen MR) is 91.6 cm³/mol. The molecule has 2 N–H and O–H groups in total. The number of nitrogens with two attached hydrogens (primary N) is 1. The van der Waals surface area contributed by atoms with Crippen LogP contribution >= 0.6 is 0 Å². The number of pyridine rings is 1. The Kier molecular flexibility index (Phi) is 3.64. The zero-order valence-electron chi connectivity index (χ0n) is 13.8. The van der Waals surface area contributed by atoms with Crippen molar-refractivity contribution in [1.82, 2.24) is 4.98 Å². The van der Waals surface area contributed by atoms with Gasteiger partial charge < -0.3 is 5.73 Å². The molecule has 1 unspecified atom stereocenters. The maximum atomic E-state index is 14.6. The average molecular weight is 312 g/mol. The molecule has 2 aliphatic carbocycles. The topological polar surface area (TPSA) is 38.9 Å². The number of halogens is 1.